The molecule has 3 aromatic rings. The fourth-order valence-electron chi connectivity index (χ4n) is 3.94. The summed E-state index contributed by atoms with van der Waals surface area (Å²) in [6.07, 6.45) is -1.35. The van der Waals surface area contributed by atoms with E-state index >= 15 is 0 Å². The molecular formula is C23H21F3N4O6S. The highest BCUT2D eigenvalue weighted by Gasteiger charge is 2.43. The van der Waals surface area contributed by atoms with Gasteiger partial charge in [0.15, 0.2) is 5.69 Å². The lowest BCUT2D eigenvalue weighted by atomic mass is 9.90. The summed E-state index contributed by atoms with van der Waals surface area (Å²) in [4.78, 5) is 28.0. The maximum atomic E-state index is 12.7. The number of aryl methyl sites for hydroxylation is 2. The minimum atomic E-state index is -5.35. The molecule has 1 aliphatic carbocycles. The third kappa shape index (κ3) is 5.64. The largest absolute Gasteiger partial charge is 0.497 e. The number of carbonyl (C=O) groups excluding carboxylic acids is 2. The number of fused-ring (bicyclic) bond motifs is 3. The van der Waals surface area contributed by atoms with Crippen LogP contribution in [0.5, 0.6) is 5.75 Å². The van der Waals surface area contributed by atoms with Gasteiger partial charge in [0.25, 0.3) is 0 Å². The lowest BCUT2D eigenvalue weighted by molar-refractivity contribution is -0.193. The molecule has 2 heterocycles. The van der Waals surface area contributed by atoms with E-state index in [0.29, 0.717) is 29.0 Å². The number of halogens is 3. The van der Waals surface area contributed by atoms with Crippen LogP contribution in [0.25, 0.3) is 11.3 Å². The Morgan fingerprint density at radius 3 is 2.70 bits per heavy atom. The molecule has 1 aliphatic rings. The quantitative estimate of drug-likeness (QED) is 0.263. The highest BCUT2D eigenvalue weighted by atomic mass is 32.2. The highest BCUT2D eigenvalue weighted by molar-refractivity contribution is 7.89. The SMILES string of the molecule is COc1cccc(S(=O)(=O)NCCCn2nc3c(c2C(=O)OC(=O)C(F)(F)F)CCc2cnccc2-3)c1. The number of ether oxygens (including phenoxy) is 2. The Kier molecular flexibility index (Phi) is 7.32. The number of nitrogens with one attached hydrogen (secondary N) is 1. The van der Waals surface area contributed by atoms with E-state index < -0.39 is 28.1 Å². The molecule has 0 saturated carbocycles. The van der Waals surface area contributed by atoms with E-state index in [1.54, 1.807) is 18.3 Å². The second-order valence-electron chi connectivity index (χ2n) is 8.04. The molecule has 0 saturated heterocycles. The number of methoxy groups -OCH3 is 1. The van der Waals surface area contributed by atoms with E-state index in [0.717, 1.165) is 10.2 Å². The molecule has 0 fully saturated rings. The van der Waals surface area contributed by atoms with Crippen molar-refractivity contribution in [1.82, 2.24) is 19.5 Å². The van der Waals surface area contributed by atoms with Gasteiger partial charge in [0, 0.05) is 42.7 Å². The van der Waals surface area contributed by atoms with E-state index in [1.807, 2.05) is 0 Å². The maximum Gasteiger partial charge on any atom is 0.491 e. The van der Waals surface area contributed by atoms with Crippen molar-refractivity contribution in [1.29, 1.82) is 0 Å². The lowest BCUT2D eigenvalue weighted by Crippen LogP contribution is -2.30. The second kappa shape index (κ2) is 10.3. The number of sulfonamides is 1. The fraction of sp³-hybridized carbons (Fsp3) is 0.304. The standard InChI is InChI=1S/C23H21F3N4O6S/c1-35-15-4-2-5-16(12-15)37(33,34)28-9-3-11-30-20(21(31)36-22(32)23(24,25)26)18-7-6-14-13-27-10-8-17(14)19(18)29-30/h2,4-5,8,10,12-13,28H,3,6-7,9,11H2,1H3. The smallest absolute Gasteiger partial charge is 0.491 e. The lowest BCUT2D eigenvalue weighted by Gasteiger charge is -2.15. The van der Waals surface area contributed by atoms with Gasteiger partial charge in [-0.1, -0.05) is 6.07 Å². The molecule has 0 bridgehead atoms. The molecule has 4 rings (SSSR count). The average molecular weight is 539 g/mol. The van der Waals surface area contributed by atoms with Crippen LogP contribution in [0.15, 0.2) is 47.6 Å². The normalized spacial score (nSPS) is 13.0. The van der Waals surface area contributed by atoms with Crippen LogP contribution in [0.1, 0.15) is 28.0 Å². The zero-order valence-electron chi connectivity index (χ0n) is 19.4. The van der Waals surface area contributed by atoms with E-state index in [4.69, 9.17) is 4.74 Å². The molecule has 196 valence electrons. The van der Waals surface area contributed by atoms with Crippen molar-refractivity contribution in [2.24, 2.45) is 0 Å². The summed E-state index contributed by atoms with van der Waals surface area (Å²) in [6.45, 7) is -0.112. The molecule has 1 N–H and O–H groups in total. The molecule has 14 heteroatoms. The first-order valence-corrected chi connectivity index (χ1v) is 12.5. The number of hydrogen-bond donors (Lipinski definition) is 1. The molecule has 2 aromatic heterocycles. The van der Waals surface area contributed by atoms with Gasteiger partial charge in [-0.15, -0.1) is 0 Å². The fourth-order valence-corrected chi connectivity index (χ4v) is 5.05. The van der Waals surface area contributed by atoms with Crippen molar-refractivity contribution < 1.29 is 40.7 Å². The van der Waals surface area contributed by atoms with Crippen molar-refractivity contribution in [2.75, 3.05) is 13.7 Å². The van der Waals surface area contributed by atoms with Gasteiger partial charge < -0.3 is 9.47 Å². The summed E-state index contributed by atoms with van der Waals surface area (Å²) < 4.78 is 76.0. The molecule has 0 aliphatic heterocycles. The molecule has 0 unspecified atom stereocenters. The Morgan fingerprint density at radius 1 is 1.19 bits per heavy atom. The number of hydrogen-bond acceptors (Lipinski definition) is 8. The topological polar surface area (TPSA) is 129 Å². The van der Waals surface area contributed by atoms with Crippen LogP contribution < -0.4 is 9.46 Å². The third-order valence-corrected chi connectivity index (χ3v) is 7.11. The van der Waals surface area contributed by atoms with Gasteiger partial charge >= 0.3 is 18.1 Å². The van der Waals surface area contributed by atoms with Gasteiger partial charge in [0.1, 0.15) is 5.75 Å². The van der Waals surface area contributed by atoms with E-state index in [1.165, 1.54) is 31.5 Å². The number of esters is 2. The van der Waals surface area contributed by atoms with Crippen LogP contribution in [0.3, 0.4) is 0 Å². The Morgan fingerprint density at radius 2 is 1.97 bits per heavy atom. The van der Waals surface area contributed by atoms with Gasteiger partial charge in [0.05, 0.1) is 17.7 Å². The number of aromatic nitrogens is 3. The minimum absolute atomic E-state index is 0.0125. The number of nitrogens with zero attached hydrogens (tertiary/aromatic N) is 3. The van der Waals surface area contributed by atoms with Crippen LogP contribution in [-0.4, -0.2) is 55.0 Å². The first kappa shape index (κ1) is 26.3. The molecule has 0 radical (unpaired) electrons. The van der Waals surface area contributed by atoms with Gasteiger partial charge in [-0.05, 0) is 43.0 Å². The Hall–Kier alpha value is -3.78. The van der Waals surface area contributed by atoms with Crippen molar-refractivity contribution in [2.45, 2.75) is 36.9 Å². The Balaban J connectivity index is 1.55. The van der Waals surface area contributed by atoms with Crippen LogP contribution in [0.2, 0.25) is 0 Å². The molecule has 0 atom stereocenters. The minimum Gasteiger partial charge on any atom is -0.497 e. The molecule has 1 aromatic carbocycles. The molecule has 0 amide bonds. The summed E-state index contributed by atoms with van der Waals surface area (Å²) in [7, 11) is -2.47. The third-order valence-electron chi connectivity index (χ3n) is 5.65. The number of rotatable bonds is 8. The van der Waals surface area contributed by atoms with Crippen molar-refractivity contribution in [3.63, 3.8) is 0 Å². The van der Waals surface area contributed by atoms with Crippen LogP contribution in [0.4, 0.5) is 13.2 Å². The number of benzene rings is 1. The summed E-state index contributed by atoms with van der Waals surface area (Å²) in [5, 5.41) is 4.40. The van der Waals surface area contributed by atoms with Crippen LogP contribution >= 0.6 is 0 Å². The predicted octanol–water partition coefficient (Wildman–Crippen LogP) is 2.67. The number of carbonyl (C=O) groups is 2. The molecule has 10 nitrogen and oxygen atoms in total. The summed E-state index contributed by atoms with van der Waals surface area (Å²) in [6, 6.07) is 7.53. The molecule has 37 heavy (non-hydrogen) atoms. The second-order valence-corrected chi connectivity index (χ2v) is 9.80. The van der Waals surface area contributed by atoms with Crippen LogP contribution in [0, 0.1) is 0 Å². The number of alkyl halides is 3. The highest BCUT2D eigenvalue weighted by Crippen LogP contribution is 2.34. The zero-order chi connectivity index (χ0) is 26.8. The van der Waals surface area contributed by atoms with Crippen LogP contribution in [-0.2, 0) is 38.9 Å². The van der Waals surface area contributed by atoms with Gasteiger partial charge in [0.2, 0.25) is 10.0 Å². The summed E-state index contributed by atoms with van der Waals surface area (Å²) in [5.41, 5.74) is 1.93. The van der Waals surface area contributed by atoms with Crippen molar-refractivity contribution >= 4 is 22.0 Å². The van der Waals surface area contributed by atoms with Gasteiger partial charge in [-0.2, -0.15) is 18.3 Å². The predicted molar refractivity (Wildman–Crippen MR) is 122 cm³/mol. The van der Waals surface area contributed by atoms with E-state index in [2.05, 4.69) is 19.5 Å². The monoisotopic (exact) mass is 538 g/mol. The summed E-state index contributed by atoms with van der Waals surface area (Å²) in [5.74, 6) is -3.76. The zero-order valence-corrected chi connectivity index (χ0v) is 20.2. The first-order valence-electron chi connectivity index (χ1n) is 11.0. The Bertz CT molecular complexity index is 1450. The molecule has 0 spiro atoms. The van der Waals surface area contributed by atoms with E-state index in [9.17, 15) is 31.2 Å². The molecular weight excluding hydrogens is 517 g/mol. The van der Waals surface area contributed by atoms with Crippen molar-refractivity contribution in [3.05, 3.63) is 59.5 Å². The van der Waals surface area contributed by atoms with Gasteiger partial charge in [-0.3, -0.25) is 9.67 Å². The van der Waals surface area contributed by atoms with Gasteiger partial charge in [-0.25, -0.2) is 22.7 Å². The number of pyridine rings is 1. The van der Waals surface area contributed by atoms with Crippen molar-refractivity contribution in [3.8, 4) is 17.0 Å². The first-order chi connectivity index (χ1) is 17.5. The average Bonchev–Trinajstić information content (AvgIpc) is 3.25. The maximum absolute atomic E-state index is 12.7. The van der Waals surface area contributed by atoms with E-state index in [-0.39, 0.29) is 36.5 Å². The Labute approximate surface area is 209 Å². The summed E-state index contributed by atoms with van der Waals surface area (Å²) >= 11 is 0.